The average Bonchev–Trinajstić information content (AvgIpc) is 1.63. The van der Waals surface area contributed by atoms with Crippen LogP contribution >= 0.6 is 0 Å². The number of nitrogens with one attached hydrogen (secondary N) is 8. The molecule has 0 unspecified atom stereocenters. The highest BCUT2D eigenvalue weighted by Gasteiger charge is 2.36. The van der Waals surface area contributed by atoms with E-state index in [2.05, 4.69) is 89.2 Å². The summed E-state index contributed by atoms with van der Waals surface area (Å²) >= 11 is 0. The summed E-state index contributed by atoms with van der Waals surface area (Å²) < 4.78 is 63.8. The van der Waals surface area contributed by atoms with Crippen LogP contribution in [0.25, 0.3) is 50.7 Å². The largest absolute Gasteiger partial charge is 0.388 e. The number of carbonyl (C=O) groups is 3. The van der Waals surface area contributed by atoms with E-state index in [0.29, 0.717) is 126 Å². The fourth-order valence-electron chi connectivity index (χ4n) is 17.0. The first-order valence-corrected chi connectivity index (χ1v) is 39.7. The highest BCUT2D eigenvalue weighted by molar-refractivity contribution is 6.08. The molecule has 602 valence electrons. The predicted molar refractivity (Wildman–Crippen MR) is 440 cm³/mol. The maximum atomic E-state index is 13.7. The fraction of sp³-hybridized carbons (Fsp3) is 0.337. The van der Waals surface area contributed by atoms with Crippen molar-refractivity contribution in [2.24, 2.45) is 0 Å². The summed E-state index contributed by atoms with van der Waals surface area (Å²) in [5, 5.41) is 36.5. The van der Waals surface area contributed by atoms with Gasteiger partial charge < -0.3 is 81.5 Å². The van der Waals surface area contributed by atoms with Crippen LogP contribution in [-0.4, -0.2) is 195 Å². The molecule has 12 aromatic rings. The van der Waals surface area contributed by atoms with E-state index in [1.807, 2.05) is 88.0 Å². The molecule has 3 amide bonds. The molecular weight excluding hydrogens is 1500 g/mol. The number of fused-ring (bicyclic) bond motifs is 6. The van der Waals surface area contributed by atoms with Gasteiger partial charge in [-0.2, -0.15) is 0 Å². The van der Waals surface area contributed by atoms with Gasteiger partial charge in [-0.05, 0) is 118 Å². The van der Waals surface area contributed by atoms with Crippen LogP contribution in [0.5, 0.6) is 0 Å². The summed E-state index contributed by atoms with van der Waals surface area (Å²) in [4.78, 5) is 76.1. The van der Waals surface area contributed by atoms with E-state index in [-0.39, 0.29) is 41.3 Å². The number of carbonyl (C=O) groups excluding carboxylic acids is 3. The Morgan fingerprint density at radius 3 is 1.29 bits per heavy atom. The van der Waals surface area contributed by atoms with Crippen molar-refractivity contribution in [3.63, 3.8) is 0 Å². The molecule has 0 aliphatic carbocycles. The van der Waals surface area contributed by atoms with Crippen molar-refractivity contribution in [3.8, 4) is 33.8 Å². The first-order valence-electron chi connectivity index (χ1n) is 39.7. The number of pyridine rings is 6. The summed E-state index contributed by atoms with van der Waals surface area (Å²) in [6.45, 7) is 17.4. The highest BCUT2D eigenvalue weighted by atomic mass is 19.1. The predicted octanol–water partition coefficient (Wildman–Crippen LogP) is 10.4. The quantitative estimate of drug-likeness (QED) is 0.0409. The number of amides is 3. The van der Waals surface area contributed by atoms with Crippen molar-refractivity contribution in [1.82, 2.24) is 74.6 Å². The minimum Gasteiger partial charge on any atom is -0.388 e. The standard InChI is InChI=1S/C30H34FN7O3.2C28H28FN7O2/c1-30(2,40)25-17-37(11-12-41-25)23-7-8-26(35-22(23)16-36(3)4)34-21-6-5-19(20-14-33-29(39)28(20)21)24-15-32-27-13-18(31)9-10-38(24)27;2*29-18-5-9-36-23(15-31-25(36)13-18)20-1-3-22(26-21(20)14-32-28(26)37)33-24-4-2-19(17-6-12-38-16-17)27(34-24)35-10-7-30-8-11-35/h5-10,13,15,25,40H,11-12,14,16-17H2,1-4H3,(H,33,39)(H,34,35);2*1-5,9,13,15,17,30H,6-8,10-12,14,16H2,(H,32,37)(H,33,34)/t25-;2*17-/m010/s1. The van der Waals surface area contributed by atoms with Gasteiger partial charge in [-0.25, -0.2) is 43.1 Å². The monoisotopic (exact) mass is 1590 g/mol. The number of aromatic nitrogens is 9. The van der Waals surface area contributed by atoms with E-state index < -0.39 is 5.60 Å². The number of anilines is 9. The zero-order valence-electron chi connectivity index (χ0n) is 65.3. The van der Waals surface area contributed by atoms with Crippen LogP contribution in [0.15, 0.2) is 146 Å². The molecule has 0 saturated carbocycles. The molecule has 28 nitrogen and oxygen atoms in total. The Morgan fingerprint density at radius 2 is 0.906 bits per heavy atom. The first kappa shape index (κ1) is 76.2. The molecule has 5 fully saturated rings. The van der Waals surface area contributed by atoms with Gasteiger partial charge in [0, 0.05) is 181 Å². The maximum absolute atomic E-state index is 13.7. The zero-order valence-corrected chi connectivity index (χ0v) is 65.3. The van der Waals surface area contributed by atoms with Crippen molar-refractivity contribution >= 4 is 86.5 Å². The second-order valence-corrected chi connectivity index (χ2v) is 31.3. The van der Waals surface area contributed by atoms with Crippen molar-refractivity contribution in [3.05, 3.63) is 214 Å². The molecule has 8 aliphatic rings. The summed E-state index contributed by atoms with van der Waals surface area (Å²) in [6.07, 6.45) is 11.8. The second-order valence-electron chi connectivity index (χ2n) is 31.3. The highest BCUT2D eigenvalue weighted by Crippen LogP contribution is 2.43. The van der Waals surface area contributed by atoms with E-state index in [4.69, 9.17) is 29.2 Å². The van der Waals surface area contributed by atoms with Gasteiger partial charge >= 0.3 is 0 Å². The molecule has 117 heavy (non-hydrogen) atoms. The van der Waals surface area contributed by atoms with Gasteiger partial charge in [-0.15, -0.1) is 0 Å². The van der Waals surface area contributed by atoms with E-state index >= 15 is 0 Å². The number of hydrogen-bond acceptors (Lipinski definition) is 22. The zero-order chi connectivity index (χ0) is 80.2. The van der Waals surface area contributed by atoms with Crippen LogP contribution in [-0.2, 0) is 40.4 Å². The number of hydrogen-bond donors (Lipinski definition) is 9. The fourth-order valence-corrected chi connectivity index (χ4v) is 17.0. The third kappa shape index (κ3) is 15.4. The van der Waals surface area contributed by atoms with E-state index in [9.17, 15) is 32.7 Å². The Labute approximate surface area is 672 Å². The smallest absolute Gasteiger partial charge is 0.254 e. The molecular formula is C86H90F3N21O7. The van der Waals surface area contributed by atoms with Crippen molar-refractivity contribution < 1.29 is 46.9 Å². The number of imidazole rings is 3. The Balaban J connectivity index is 0.000000121. The Kier molecular flexibility index (Phi) is 21.0. The molecule has 3 atom stereocenters. The molecule has 20 rings (SSSR count). The lowest BCUT2D eigenvalue weighted by Crippen LogP contribution is -2.52. The van der Waals surface area contributed by atoms with Crippen LogP contribution in [0.2, 0.25) is 0 Å². The topological polar surface area (TPSA) is 299 Å². The van der Waals surface area contributed by atoms with Gasteiger partial charge in [0.05, 0.1) is 106 Å². The molecule has 0 spiro atoms. The van der Waals surface area contributed by atoms with E-state index in [1.165, 1.54) is 47.5 Å². The molecule has 3 aromatic carbocycles. The number of benzene rings is 3. The maximum Gasteiger partial charge on any atom is 0.254 e. The molecule has 17 heterocycles. The van der Waals surface area contributed by atoms with E-state index in [1.54, 1.807) is 51.0 Å². The van der Waals surface area contributed by atoms with E-state index in [0.717, 1.165) is 165 Å². The summed E-state index contributed by atoms with van der Waals surface area (Å²) in [5.41, 5.74) is 16.3. The third-order valence-corrected chi connectivity index (χ3v) is 22.9. The van der Waals surface area contributed by atoms with Crippen LogP contribution in [0.1, 0.15) is 103 Å². The molecule has 0 radical (unpaired) electrons. The minimum atomic E-state index is -0.957. The number of morpholine rings is 1. The molecule has 0 bridgehead atoms. The van der Waals surface area contributed by atoms with Gasteiger partial charge in [0.2, 0.25) is 0 Å². The first-order chi connectivity index (χ1) is 56.9. The summed E-state index contributed by atoms with van der Waals surface area (Å²) in [7, 11) is 3.99. The number of ether oxygens (including phenoxy) is 3. The second kappa shape index (κ2) is 32.2. The minimum absolute atomic E-state index is 0.133. The molecule has 9 N–H and O–H groups in total. The third-order valence-electron chi connectivity index (χ3n) is 22.9. The van der Waals surface area contributed by atoms with Gasteiger partial charge in [0.15, 0.2) is 0 Å². The van der Waals surface area contributed by atoms with Gasteiger partial charge in [0.1, 0.15) is 69.6 Å². The van der Waals surface area contributed by atoms with Gasteiger partial charge in [-0.3, -0.25) is 27.6 Å². The van der Waals surface area contributed by atoms with Crippen molar-refractivity contribution in [2.75, 3.05) is 143 Å². The Morgan fingerprint density at radius 1 is 0.504 bits per heavy atom. The molecule has 9 aromatic heterocycles. The lowest BCUT2D eigenvalue weighted by Gasteiger charge is -2.40. The average molecular weight is 1590 g/mol. The number of aliphatic hydroxyl groups is 1. The normalized spacial score (nSPS) is 18.5. The Hall–Kier alpha value is -12.1. The Bertz CT molecular complexity index is 5590. The van der Waals surface area contributed by atoms with Crippen LogP contribution in [0, 0.1) is 17.5 Å². The molecule has 8 aliphatic heterocycles. The SMILES string of the molecule is CN(C)Cc1nc(Nc2ccc(-c3cnc4cc(F)ccn34)c3c2C(=O)NC3)ccc1N1CCO[C@H](C(C)(C)O)C1.O=C1NCc2c(-c3cnc4cc(F)ccn34)ccc(Nc3ccc([C@@H]4CCOC4)c(N4CCNCC4)n3)c21.O=C1NCc2c(-c3cnc4cc(F)ccn34)ccc(Nc3ccc([C@H]4CCOC4)c(N4CCNCC4)n3)c21. The lowest BCUT2D eigenvalue weighted by molar-refractivity contribution is -0.0928. The van der Waals surface area contributed by atoms with Crippen LogP contribution < -0.4 is 57.2 Å². The lowest BCUT2D eigenvalue weighted by atomic mass is 9.98. The van der Waals surface area contributed by atoms with Crippen molar-refractivity contribution in [2.45, 2.75) is 76.4 Å². The molecule has 31 heteroatoms. The number of halogens is 3. The number of rotatable bonds is 17. The van der Waals surface area contributed by atoms with Crippen molar-refractivity contribution in [1.29, 1.82) is 0 Å². The van der Waals surface area contributed by atoms with Gasteiger partial charge in [-0.1, -0.05) is 30.3 Å². The van der Waals surface area contributed by atoms with Gasteiger partial charge in [0.25, 0.3) is 17.7 Å². The van der Waals surface area contributed by atoms with Crippen LogP contribution in [0.4, 0.5) is 65.0 Å². The summed E-state index contributed by atoms with van der Waals surface area (Å²) in [5.74, 6) is 3.22. The number of nitrogens with zero attached hydrogens (tertiary/aromatic N) is 13. The summed E-state index contributed by atoms with van der Waals surface area (Å²) in [6, 6.07) is 32.2. The number of piperazine rings is 2. The van der Waals surface area contributed by atoms with Crippen LogP contribution in [0.3, 0.4) is 0 Å². The molecule has 5 saturated heterocycles.